The fourth-order valence-corrected chi connectivity index (χ4v) is 2.09. The van der Waals surface area contributed by atoms with Crippen molar-refractivity contribution in [2.75, 3.05) is 33.9 Å². The molecule has 0 fully saturated rings. The maximum absolute atomic E-state index is 5.29. The molecule has 0 amide bonds. The Hall–Kier alpha value is -1.57. The number of nitrogens with zero attached hydrogens (tertiary/aromatic N) is 4. The lowest BCUT2D eigenvalue weighted by Crippen LogP contribution is -2.27. The molecule has 0 saturated carbocycles. The molecule has 2 rings (SSSR count). The number of hydrogen-bond donors (Lipinski definition) is 1. The molecule has 0 unspecified atom stereocenters. The largest absolute Gasteiger partial charge is 0.383 e. The van der Waals surface area contributed by atoms with Crippen molar-refractivity contribution in [3.8, 4) is 11.4 Å². The van der Waals surface area contributed by atoms with Gasteiger partial charge in [-0.15, -0.1) is 0 Å². The van der Waals surface area contributed by atoms with Gasteiger partial charge in [0.2, 0.25) is 0 Å². The topological polar surface area (TPSA) is 59.0 Å². The van der Waals surface area contributed by atoms with Gasteiger partial charge in [-0.05, 0) is 31.4 Å². The van der Waals surface area contributed by atoms with Gasteiger partial charge in [0.05, 0.1) is 6.61 Å². The number of ether oxygens (including phenoxy) is 1. The van der Waals surface area contributed by atoms with Crippen molar-refractivity contribution in [3.63, 3.8) is 0 Å². The molecule has 20 heavy (non-hydrogen) atoms. The third kappa shape index (κ3) is 3.72. The average Bonchev–Trinajstić information content (AvgIpc) is 2.85. The predicted molar refractivity (Wildman–Crippen MR) is 80.0 cm³/mol. The Bertz CT molecular complexity index is 580. The van der Waals surface area contributed by atoms with Crippen molar-refractivity contribution >= 4 is 12.2 Å². The minimum Gasteiger partial charge on any atom is -0.383 e. The second kappa shape index (κ2) is 7.28. The van der Waals surface area contributed by atoms with E-state index in [1.165, 1.54) is 0 Å². The zero-order valence-electron chi connectivity index (χ0n) is 11.7. The molecule has 0 aliphatic carbocycles. The van der Waals surface area contributed by atoms with Crippen LogP contribution in [-0.2, 0) is 11.3 Å². The smallest absolute Gasteiger partial charge is 0.195 e. The number of rotatable bonds is 7. The van der Waals surface area contributed by atoms with E-state index >= 15 is 0 Å². The molecule has 7 heteroatoms. The quantitative estimate of drug-likeness (QED) is 0.786. The fraction of sp³-hybridized carbons (Fsp3) is 0.462. The molecule has 0 bridgehead atoms. The van der Waals surface area contributed by atoms with Crippen LogP contribution in [0, 0.1) is 4.77 Å². The molecule has 0 radical (unpaired) electrons. The van der Waals surface area contributed by atoms with Crippen LogP contribution < -0.4 is 0 Å². The summed E-state index contributed by atoms with van der Waals surface area (Å²) >= 11 is 5.29. The van der Waals surface area contributed by atoms with E-state index in [0.717, 1.165) is 37.6 Å². The van der Waals surface area contributed by atoms with E-state index in [4.69, 9.17) is 17.0 Å². The lowest BCUT2D eigenvalue weighted by molar-refractivity contribution is 0.159. The van der Waals surface area contributed by atoms with Crippen molar-refractivity contribution in [1.82, 2.24) is 24.6 Å². The number of pyridine rings is 1. The lowest BCUT2D eigenvalue weighted by Gasteiger charge is -2.16. The van der Waals surface area contributed by atoms with Crippen LogP contribution in [0.15, 0.2) is 24.5 Å². The molecule has 6 nitrogen and oxygen atoms in total. The van der Waals surface area contributed by atoms with Gasteiger partial charge in [0.1, 0.15) is 0 Å². The zero-order valence-corrected chi connectivity index (χ0v) is 12.6. The Kier molecular flexibility index (Phi) is 5.40. The molecule has 0 aliphatic heterocycles. The summed E-state index contributed by atoms with van der Waals surface area (Å²) in [5.41, 5.74) is 0.958. The van der Waals surface area contributed by atoms with Crippen LogP contribution in [0.1, 0.15) is 0 Å². The normalized spacial score (nSPS) is 11.2. The molecule has 0 atom stereocenters. The van der Waals surface area contributed by atoms with Crippen LogP contribution >= 0.6 is 12.2 Å². The summed E-state index contributed by atoms with van der Waals surface area (Å²) in [5, 5.41) is 7.14. The molecule has 0 saturated heterocycles. The first-order valence-corrected chi connectivity index (χ1v) is 6.86. The highest BCUT2D eigenvalue weighted by molar-refractivity contribution is 7.71. The van der Waals surface area contributed by atoms with Gasteiger partial charge in [-0.2, -0.15) is 5.10 Å². The molecule has 108 valence electrons. The number of likely N-dealkylation sites (N-methyl/N-ethyl adjacent to an activating group) is 1. The Morgan fingerprint density at radius 2 is 2.30 bits per heavy atom. The van der Waals surface area contributed by atoms with E-state index in [1.807, 2.05) is 16.7 Å². The van der Waals surface area contributed by atoms with Gasteiger partial charge in [-0.1, -0.05) is 0 Å². The first kappa shape index (κ1) is 14.8. The summed E-state index contributed by atoms with van der Waals surface area (Å²) < 4.78 is 7.69. The van der Waals surface area contributed by atoms with Gasteiger partial charge < -0.3 is 9.64 Å². The van der Waals surface area contributed by atoms with Gasteiger partial charge in [0.25, 0.3) is 0 Å². The van der Waals surface area contributed by atoms with E-state index in [2.05, 4.69) is 27.1 Å². The minimum atomic E-state index is 0.629. The van der Waals surface area contributed by atoms with Crippen LogP contribution in [-0.4, -0.2) is 58.5 Å². The lowest BCUT2D eigenvalue weighted by atomic mass is 10.3. The van der Waals surface area contributed by atoms with Crippen LogP contribution in [0.4, 0.5) is 0 Å². The predicted octanol–water partition coefficient (Wildman–Crippen LogP) is 1.58. The summed E-state index contributed by atoms with van der Waals surface area (Å²) in [7, 11) is 3.77. The van der Waals surface area contributed by atoms with E-state index in [1.54, 1.807) is 19.5 Å². The van der Waals surface area contributed by atoms with Gasteiger partial charge in [-0.3, -0.25) is 14.6 Å². The SMILES string of the molecule is COCCN(C)CCn1c(-c2cccnc2)n[nH]c1=S. The maximum Gasteiger partial charge on any atom is 0.195 e. The fourth-order valence-electron chi connectivity index (χ4n) is 1.87. The Balaban J connectivity index is 2.09. The van der Waals surface area contributed by atoms with Crippen LogP contribution in [0.25, 0.3) is 11.4 Å². The Labute approximate surface area is 123 Å². The average molecular weight is 293 g/mol. The van der Waals surface area contributed by atoms with Crippen molar-refractivity contribution in [2.24, 2.45) is 0 Å². The number of hydrogen-bond acceptors (Lipinski definition) is 5. The molecule has 0 spiro atoms. The van der Waals surface area contributed by atoms with Gasteiger partial charge in [0, 0.05) is 44.7 Å². The zero-order chi connectivity index (χ0) is 14.4. The summed E-state index contributed by atoms with van der Waals surface area (Å²) in [6.45, 7) is 3.27. The molecule has 2 heterocycles. The van der Waals surface area contributed by atoms with Crippen LogP contribution in [0.2, 0.25) is 0 Å². The third-order valence-corrected chi connectivity index (χ3v) is 3.37. The number of H-pyrrole nitrogens is 1. The molecule has 2 aromatic rings. The van der Waals surface area contributed by atoms with E-state index in [-0.39, 0.29) is 0 Å². The van der Waals surface area contributed by atoms with Gasteiger partial charge >= 0.3 is 0 Å². The number of aromatic amines is 1. The molecule has 2 aromatic heterocycles. The molecule has 0 aromatic carbocycles. The first-order valence-electron chi connectivity index (χ1n) is 6.45. The van der Waals surface area contributed by atoms with Crippen molar-refractivity contribution in [2.45, 2.75) is 6.54 Å². The molecule has 1 N–H and O–H groups in total. The maximum atomic E-state index is 5.29. The molecule has 0 aliphatic rings. The Morgan fingerprint density at radius 3 is 3.00 bits per heavy atom. The van der Waals surface area contributed by atoms with Crippen molar-refractivity contribution in [1.29, 1.82) is 0 Å². The van der Waals surface area contributed by atoms with Gasteiger partial charge in [-0.25, -0.2) is 0 Å². The van der Waals surface area contributed by atoms with E-state index in [9.17, 15) is 0 Å². The Morgan fingerprint density at radius 1 is 1.45 bits per heavy atom. The molecular weight excluding hydrogens is 274 g/mol. The van der Waals surface area contributed by atoms with Crippen LogP contribution in [0.3, 0.4) is 0 Å². The van der Waals surface area contributed by atoms with Crippen molar-refractivity contribution < 1.29 is 4.74 Å². The highest BCUT2D eigenvalue weighted by Gasteiger charge is 2.09. The molecular formula is C13H19N5OS. The number of aromatic nitrogens is 4. The van der Waals surface area contributed by atoms with Gasteiger partial charge in [0.15, 0.2) is 10.6 Å². The number of methoxy groups -OCH3 is 1. The summed E-state index contributed by atoms with van der Waals surface area (Å²) in [6, 6.07) is 3.87. The highest BCUT2D eigenvalue weighted by Crippen LogP contribution is 2.15. The standard InChI is InChI=1S/C13H19N5OS/c1-17(8-9-19-2)6-7-18-12(15-16-13(18)20)11-4-3-5-14-10-11/h3-5,10H,6-9H2,1-2H3,(H,16,20). The summed E-state index contributed by atoms with van der Waals surface area (Å²) in [4.78, 5) is 6.32. The highest BCUT2D eigenvalue weighted by atomic mass is 32.1. The summed E-state index contributed by atoms with van der Waals surface area (Å²) in [6.07, 6.45) is 3.53. The monoisotopic (exact) mass is 293 g/mol. The first-order chi connectivity index (χ1) is 9.72. The second-order valence-electron chi connectivity index (χ2n) is 4.54. The second-order valence-corrected chi connectivity index (χ2v) is 4.93. The third-order valence-electron chi connectivity index (χ3n) is 3.06. The van der Waals surface area contributed by atoms with E-state index in [0.29, 0.717) is 4.77 Å². The van der Waals surface area contributed by atoms with Crippen molar-refractivity contribution in [3.05, 3.63) is 29.3 Å². The minimum absolute atomic E-state index is 0.629. The number of nitrogens with one attached hydrogen (secondary N) is 1. The summed E-state index contributed by atoms with van der Waals surface area (Å²) in [5.74, 6) is 0.822. The van der Waals surface area contributed by atoms with E-state index < -0.39 is 0 Å². The van der Waals surface area contributed by atoms with Crippen LogP contribution in [0.5, 0.6) is 0 Å².